The lowest BCUT2D eigenvalue weighted by Gasteiger charge is -2.05. The van der Waals surface area contributed by atoms with Crippen LogP contribution in [-0.2, 0) is 26.2 Å². The smallest absolute Gasteiger partial charge is 0.329 e. The quantitative estimate of drug-likeness (QED) is 0.350. The minimum absolute atomic E-state index is 0.0765. The van der Waals surface area contributed by atoms with Gasteiger partial charge in [-0.25, -0.2) is 18.6 Å². The van der Waals surface area contributed by atoms with E-state index in [2.05, 4.69) is 20.6 Å². The second-order valence-electron chi connectivity index (χ2n) is 5.91. The van der Waals surface area contributed by atoms with E-state index in [1.54, 1.807) is 19.9 Å². The molecule has 150 valence electrons. The predicted octanol–water partition coefficient (Wildman–Crippen LogP) is 1.39. The number of furan rings is 1. The van der Waals surface area contributed by atoms with Crippen LogP contribution < -0.4 is 15.5 Å². The summed E-state index contributed by atoms with van der Waals surface area (Å²) in [5.74, 6) is -1.11. The minimum atomic E-state index is -3.72. The Morgan fingerprint density at radius 2 is 1.82 bits per heavy atom. The Morgan fingerprint density at radius 3 is 2.46 bits per heavy atom. The molecule has 0 bridgehead atoms. The van der Waals surface area contributed by atoms with Crippen molar-refractivity contribution < 1.29 is 22.4 Å². The molecule has 2 aromatic rings. The lowest BCUT2D eigenvalue weighted by Crippen LogP contribution is -2.41. The predicted molar refractivity (Wildman–Crippen MR) is 103 cm³/mol. The maximum atomic E-state index is 12.2. The average molecular weight is 427 g/mol. The van der Waals surface area contributed by atoms with Crippen LogP contribution in [0.15, 0.2) is 50.8 Å². The highest BCUT2D eigenvalue weighted by Gasteiger charge is 2.15. The molecular formula is C17H19ClN4O5S. The third-order valence-corrected chi connectivity index (χ3v) is 4.90. The Labute approximate surface area is 167 Å². The van der Waals surface area contributed by atoms with E-state index < -0.39 is 21.8 Å². The fourth-order valence-electron chi connectivity index (χ4n) is 1.96. The second-order valence-corrected chi connectivity index (χ2v) is 8.11. The summed E-state index contributed by atoms with van der Waals surface area (Å²) in [5, 5.41) is 6.47. The van der Waals surface area contributed by atoms with Crippen LogP contribution >= 0.6 is 11.6 Å². The average Bonchev–Trinajstić information content (AvgIpc) is 3.07. The van der Waals surface area contributed by atoms with Gasteiger partial charge in [0.2, 0.25) is 10.0 Å². The highest BCUT2D eigenvalue weighted by atomic mass is 35.5. The SMILES string of the molecule is CC(C)NC(=O)C(=O)N/N=C/c1ccc(CNS(=O)(=O)c2ccc(Cl)cc2)o1. The van der Waals surface area contributed by atoms with Crippen LogP contribution in [0.1, 0.15) is 25.4 Å². The Kier molecular flexibility index (Phi) is 7.32. The van der Waals surface area contributed by atoms with E-state index in [9.17, 15) is 18.0 Å². The lowest BCUT2D eigenvalue weighted by molar-refractivity contribution is -0.139. The number of hydrogen-bond acceptors (Lipinski definition) is 6. The molecule has 0 saturated carbocycles. The largest absolute Gasteiger partial charge is 0.459 e. The van der Waals surface area contributed by atoms with E-state index in [1.165, 1.54) is 36.5 Å². The molecule has 1 aromatic carbocycles. The number of rotatable bonds is 7. The first-order valence-electron chi connectivity index (χ1n) is 8.15. The van der Waals surface area contributed by atoms with Crippen LogP contribution in [0.5, 0.6) is 0 Å². The Hall–Kier alpha value is -2.69. The van der Waals surface area contributed by atoms with Gasteiger partial charge in [0.05, 0.1) is 17.7 Å². The summed E-state index contributed by atoms with van der Waals surface area (Å²) in [6.07, 6.45) is 1.19. The Balaban J connectivity index is 1.89. The van der Waals surface area contributed by atoms with Gasteiger partial charge in [-0.15, -0.1) is 0 Å². The van der Waals surface area contributed by atoms with Gasteiger partial charge in [0.15, 0.2) is 0 Å². The van der Waals surface area contributed by atoms with Gasteiger partial charge in [-0.05, 0) is 50.2 Å². The molecule has 0 spiro atoms. The summed E-state index contributed by atoms with van der Waals surface area (Å²) in [6, 6.07) is 8.66. The van der Waals surface area contributed by atoms with Gasteiger partial charge >= 0.3 is 11.8 Å². The number of carbonyl (C=O) groups excluding carboxylic acids is 2. The summed E-state index contributed by atoms with van der Waals surface area (Å²) < 4.78 is 32.2. The van der Waals surface area contributed by atoms with Crippen LogP contribution in [0.3, 0.4) is 0 Å². The molecular weight excluding hydrogens is 408 g/mol. The highest BCUT2D eigenvalue weighted by molar-refractivity contribution is 7.89. The van der Waals surface area contributed by atoms with E-state index in [-0.39, 0.29) is 23.2 Å². The standard InChI is InChI=1S/C17H19ClN4O5S/c1-11(2)21-16(23)17(24)22-19-9-13-5-6-14(27-13)10-20-28(25,26)15-7-3-12(18)4-8-15/h3-9,11,20H,10H2,1-2H3,(H,21,23)(H,22,24)/b19-9+. The molecule has 2 rings (SSSR count). The topological polar surface area (TPSA) is 130 Å². The zero-order valence-corrected chi connectivity index (χ0v) is 16.7. The Morgan fingerprint density at radius 1 is 1.14 bits per heavy atom. The van der Waals surface area contributed by atoms with Crippen LogP contribution in [0, 0.1) is 0 Å². The van der Waals surface area contributed by atoms with Crippen LogP contribution in [-0.4, -0.2) is 32.5 Å². The summed E-state index contributed by atoms with van der Waals surface area (Å²) in [4.78, 5) is 23.0. The van der Waals surface area contributed by atoms with Gasteiger partial charge in [-0.2, -0.15) is 5.10 Å². The van der Waals surface area contributed by atoms with Gasteiger partial charge < -0.3 is 9.73 Å². The second kappa shape index (κ2) is 9.49. The molecule has 0 aliphatic carbocycles. The molecule has 1 heterocycles. The van der Waals surface area contributed by atoms with Gasteiger partial charge in [0.25, 0.3) is 0 Å². The number of sulfonamides is 1. The van der Waals surface area contributed by atoms with Gasteiger partial charge in [0.1, 0.15) is 11.5 Å². The van der Waals surface area contributed by atoms with Crippen molar-refractivity contribution in [3.05, 3.63) is 52.9 Å². The summed E-state index contributed by atoms with van der Waals surface area (Å²) in [6.45, 7) is 3.36. The summed E-state index contributed by atoms with van der Waals surface area (Å²) in [7, 11) is -3.72. The number of nitrogens with zero attached hydrogens (tertiary/aromatic N) is 1. The first-order chi connectivity index (χ1) is 13.2. The number of halogens is 1. The van der Waals surface area contributed by atoms with Crippen LogP contribution in [0.2, 0.25) is 5.02 Å². The third kappa shape index (κ3) is 6.48. The molecule has 11 heteroatoms. The Bertz CT molecular complexity index is 968. The van der Waals surface area contributed by atoms with Gasteiger partial charge in [0, 0.05) is 11.1 Å². The first-order valence-corrected chi connectivity index (χ1v) is 10.0. The minimum Gasteiger partial charge on any atom is -0.459 e. The molecule has 0 aliphatic heterocycles. The van der Waals surface area contributed by atoms with Crippen molar-refractivity contribution in [1.29, 1.82) is 0 Å². The maximum Gasteiger partial charge on any atom is 0.329 e. The molecule has 0 aliphatic rings. The molecule has 0 unspecified atom stereocenters. The van der Waals surface area contributed by atoms with Crippen LogP contribution in [0.4, 0.5) is 0 Å². The van der Waals surface area contributed by atoms with Crippen molar-refractivity contribution in [2.45, 2.75) is 31.3 Å². The van der Waals surface area contributed by atoms with Crippen molar-refractivity contribution in [3.8, 4) is 0 Å². The van der Waals surface area contributed by atoms with E-state index in [1.807, 2.05) is 0 Å². The van der Waals surface area contributed by atoms with Crippen molar-refractivity contribution >= 4 is 39.7 Å². The fraction of sp³-hybridized carbons (Fsp3) is 0.235. The van der Waals surface area contributed by atoms with Gasteiger partial charge in [-0.1, -0.05) is 11.6 Å². The number of carbonyl (C=O) groups is 2. The lowest BCUT2D eigenvalue weighted by atomic mass is 10.4. The molecule has 9 nitrogen and oxygen atoms in total. The molecule has 3 N–H and O–H groups in total. The van der Waals surface area contributed by atoms with E-state index in [0.29, 0.717) is 10.8 Å². The molecule has 0 fully saturated rings. The number of hydrazone groups is 1. The van der Waals surface area contributed by atoms with Crippen molar-refractivity contribution in [1.82, 2.24) is 15.5 Å². The molecule has 2 amide bonds. The van der Waals surface area contributed by atoms with E-state index in [4.69, 9.17) is 16.0 Å². The highest BCUT2D eigenvalue weighted by Crippen LogP contribution is 2.14. The first kappa shape index (κ1) is 21.6. The summed E-state index contributed by atoms with van der Waals surface area (Å²) in [5.41, 5.74) is 2.06. The maximum absolute atomic E-state index is 12.2. The normalized spacial score (nSPS) is 11.7. The van der Waals surface area contributed by atoms with Gasteiger partial charge in [-0.3, -0.25) is 9.59 Å². The van der Waals surface area contributed by atoms with Crippen LogP contribution in [0.25, 0.3) is 0 Å². The fourth-order valence-corrected chi connectivity index (χ4v) is 3.07. The van der Waals surface area contributed by atoms with E-state index in [0.717, 1.165) is 0 Å². The molecule has 28 heavy (non-hydrogen) atoms. The zero-order valence-electron chi connectivity index (χ0n) is 15.1. The molecule has 0 saturated heterocycles. The number of amides is 2. The molecule has 0 radical (unpaired) electrons. The zero-order chi connectivity index (χ0) is 20.7. The number of hydrogen-bond donors (Lipinski definition) is 3. The summed E-state index contributed by atoms with van der Waals surface area (Å²) >= 11 is 5.75. The monoisotopic (exact) mass is 426 g/mol. The van der Waals surface area contributed by atoms with E-state index >= 15 is 0 Å². The third-order valence-electron chi connectivity index (χ3n) is 3.23. The number of nitrogens with one attached hydrogen (secondary N) is 3. The molecule has 0 atom stereocenters. The van der Waals surface area contributed by atoms with Crippen molar-refractivity contribution in [2.24, 2.45) is 5.10 Å². The van der Waals surface area contributed by atoms with Crippen molar-refractivity contribution in [3.63, 3.8) is 0 Å². The molecule has 1 aromatic heterocycles. The number of benzene rings is 1. The van der Waals surface area contributed by atoms with Crippen molar-refractivity contribution in [2.75, 3.05) is 0 Å².